The summed E-state index contributed by atoms with van der Waals surface area (Å²) in [6, 6.07) is 3.09. The van der Waals surface area contributed by atoms with Gasteiger partial charge in [-0.15, -0.1) is 0 Å². The third-order valence-corrected chi connectivity index (χ3v) is 2.39. The zero-order valence-electron chi connectivity index (χ0n) is 8.86. The lowest BCUT2D eigenvalue weighted by molar-refractivity contribution is -0.120. The van der Waals surface area contributed by atoms with E-state index in [9.17, 15) is 9.90 Å². The number of aromatic nitrogens is 2. The minimum absolute atomic E-state index is 0.0888. The minimum Gasteiger partial charge on any atom is -0.504 e. The molecule has 2 rings (SSSR count). The van der Waals surface area contributed by atoms with Gasteiger partial charge in [-0.25, -0.2) is 0 Å². The van der Waals surface area contributed by atoms with Crippen molar-refractivity contribution in [3.05, 3.63) is 17.8 Å². The molecule has 1 aromatic heterocycles. The maximum absolute atomic E-state index is 10.3. The molecule has 0 aliphatic heterocycles. The number of hydrogen-bond acceptors (Lipinski definition) is 4. The summed E-state index contributed by atoms with van der Waals surface area (Å²) in [5, 5.41) is 17.4. The molecule has 84 valence electrons. The van der Waals surface area contributed by atoms with Gasteiger partial charge in [0.15, 0.2) is 11.5 Å². The van der Waals surface area contributed by atoms with Crippen LogP contribution in [0, 0.1) is 0 Å². The number of benzene rings is 1. The van der Waals surface area contributed by atoms with Crippen molar-refractivity contribution in [3.8, 4) is 11.5 Å². The van der Waals surface area contributed by atoms with Gasteiger partial charge in [-0.3, -0.25) is 9.89 Å². The smallest absolute Gasteiger partial charge is 0.298 e. The first-order chi connectivity index (χ1) is 7.76. The lowest BCUT2D eigenvalue weighted by Gasteiger charge is -2.01. The van der Waals surface area contributed by atoms with E-state index in [0.717, 1.165) is 23.9 Å². The summed E-state index contributed by atoms with van der Waals surface area (Å²) >= 11 is 0. The van der Waals surface area contributed by atoms with Crippen LogP contribution >= 0.6 is 0 Å². The summed E-state index contributed by atoms with van der Waals surface area (Å²) in [5.74, 6) is 0.0652. The molecule has 0 amide bonds. The number of carbonyl (C=O) groups is 1. The van der Waals surface area contributed by atoms with Crippen molar-refractivity contribution in [1.29, 1.82) is 0 Å². The monoisotopic (exact) mass is 220 g/mol. The van der Waals surface area contributed by atoms with Crippen LogP contribution in [-0.4, -0.2) is 21.8 Å². The van der Waals surface area contributed by atoms with E-state index in [1.807, 2.05) is 0 Å². The SMILES string of the molecule is CCCc1[nH]nc2cc(O)c(OC=O)cc12. The van der Waals surface area contributed by atoms with E-state index in [-0.39, 0.29) is 11.5 Å². The Morgan fingerprint density at radius 2 is 2.38 bits per heavy atom. The van der Waals surface area contributed by atoms with Crippen molar-refractivity contribution in [1.82, 2.24) is 10.2 Å². The number of carbonyl (C=O) groups excluding carboxylic acids is 1. The van der Waals surface area contributed by atoms with E-state index < -0.39 is 0 Å². The molecule has 0 saturated carbocycles. The maximum atomic E-state index is 10.3. The number of rotatable bonds is 4. The van der Waals surface area contributed by atoms with Crippen molar-refractivity contribution in [3.63, 3.8) is 0 Å². The van der Waals surface area contributed by atoms with Gasteiger partial charge in [0, 0.05) is 17.1 Å². The fourth-order valence-corrected chi connectivity index (χ4v) is 1.67. The van der Waals surface area contributed by atoms with Crippen LogP contribution in [0.2, 0.25) is 0 Å². The van der Waals surface area contributed by atoms with E-state index in [2.05, 4.69) is 21.9 Å². The number of H-pyrrole nitrogens is 1. The summed E-state index contributed by atoms with van der Waals surface area (Å²) < 4.78 is 4.68. The number of fused-ring (bicyclic) bond motifs is 1. The molecular formula is C11H12N2O3. The largest absolute Gasteiger partial charge is 0.504 e. The Morgan fingerprint density at radius 3 is 3.06 bits per heavy atom. The zero-order chi connectivity index (χ0) is 11.5. The Kier molecular flexibility index (Phi) is 2.76. The van der Waals surface area contributed by atoms with Gasteiger partial charge in [0.1, 0.15) is 0 Å². The Hall–Kier alpha value is -2.04. The lowest BCUT2D eigenvalue weighted by atomic mass is 10.1. The van der Waals surface area contributed by atoms with E-state index in [4.69, 9.17) is 0 Å². The van der Waals surface area contributed by atoms with Crippen molar-refractivity contribution < 1.29 is 14.6 Å². The normalized spacial score (nSPS) is 10.6. The molecule has 0 spiro atoms. The van der Waals surface area contributed by atoms with Gasteiger partial charge >= 0.3 is 0 Å². The molecule has 0 atom stereocenters. The highest BCUT2D eigenvalue weighted by Gasteiger charge is 2.10. The second-order valence-corrected chi connectivity index (χ2v) is 3.50. The van der Waals surface area contributed by atoms with Gasteiger partial charge < -0.3 is 9.84 Å². The van der Waals surface area contributed by atoms with Crippen LogP contribution in [0.15, 0.2) is 12.1 Å². The third kappa shape index (κ3) is 1.71. The zero-order valence-corrected chi connectivity index (χ0v) is 8.86. The second-order valence-electron chi connectivity index (χ2n) is 3.50. The van der Waals surface area contributed by atoms with E-state index in [1.54, 1.807) is 6.07 Å². The molecular weight excluding hydrogens is 208 g/mol. The third-order valence-electron chi connectivity index (χ3n) is 2.39. The Morgan fingerprint density at radius 1 is 1.56 bits per heavy atom. The Balaban J connectivity index is 2.54. The molecule has 1 heterocycles. The van der Waals surface area contributed by atoms with Crippen LogP contribution in [0.4, 0.5) is 0 Å². The summed E-state index contributed by atoms with van der Waals surface area (Å²) in [5.41, 5.74) is 1.65. The van der Waals surface area contributed by atoms with Crippen molar-refractivity contribution in [2.24, 2.45) is 0 Å². The highest BCUT2D eigenvalue weighted by Crippen LogP contribution is 2.31. The number of aryl methyl sites for hydroxylation is 1. The van der Waals surface area contributed by atoms with Crippen molar-refractivity contribution in [2.45, 2.75) is 19.8 Å². The maximum Gasteiger partial charge on any atom is 0.298 e. The molecule has 0 unspecified atom stereocenters. The number of aromatic amines is 1. The average molecular weight is 220 g/mol. The summed E-state index contributed by atoms with van der Waals surface area (Å²) in [6.07, 6.45) is 1.85. The average Bonchev–Trinajstić information content (AvgIpc) is 2.63. The van der Waals surface area contributed by atoms with Gasteiger partial charge in [-0.2, -0.15) is 5.10 Å². The first-order valence-electron chi connectivity index (χ1n) is 5.06. The molecule has 16 heavy (non-hydrogen) atoms. The van der Waals surface area contributed by atoms with Crippen molar-refractivity contribution in [2.75, 3.05) is 0 Å². The first kappa shape index (κ1) is 10.5. The fraction of sp³-hybridized carbons (Fsp3) is 0.273. The molecule has 0 saturated heterocycles. The molecule has 0 radical (unpaired) electrons. The van der Waals surface area contributed by atoms with Crippen LogP contribution < -0.4 is 4.74 Å². The highest BCUT2D eigenvalue weighted by atomic mass is 16.5. The molecule has 5 nitrogen and oxygen atoms in total. The predicted molar refractivity (Wildman–Crippen MR) is 58.4 cm³/mol. The van der Waals surface area contributed by atoms with Crippen LogP contribution in [-0.2, 0) is 11.2 Å². The lowest BCUT2D eigenvalue weighted by Crippen LogP contribution is -1.89. The molecule has 0 bridgehead atoms. The Labute approximate surface area is 92.0 Å². The number of nitrogens with one attached hydrogen (secondary N) is 1. The first-order valence-corrected chi connectivity index (χ1v) is 5.06. The molecule has 0 fully saturated rings. The van der Waals surface area contributed by atoms with Gasteiger partial charge in [-0.1, -0.05) is 13.3 Å². The van der Waals surface area contributed by atoms with Gasteiger partial charge in [0.2, 0.25) is 0 Å². The summed E-state index contributed by atoms with van der Waals surface area (Å²) in [4.78, 5) is 10.3. The van der Waals surface area contributed by atoms with E-state index in [1.165, 1.54) is 6.07 Å². The topological polar surface area (TPSA) is 75.2 Å². The van der Waals surface area contributed by atoms with Crippen LogP contribution in [0.5, 0.6) is 11.5 Å². The summed E-state index contributed by atoms with van der Waals surface area (Å²) in [7, 11) is 0. The summed E-state index contributed by atoms with van der Waals surface area (Å²) in [6.45, 7) is 2.36. The van der Waals surface area contributed by atoms with Gasteiger partial charge in [0.25, 0.3) is 6.47 Å². The fourth-order valence-electron chi connectivity index (χ4n) is 1.67. The number of aromatic hydroxyl groups is 1. The van der Waals surface area contributed by atoms with Crippen LogP contribution in [0.3, 0.4) is 0 Å². The van der Waals surface area contributed by atoms with Crippen LogP contribution in [0.1, 0.15) is 19.0 Å². The number of nitrogens with zero attached hydrogens (tertiary/aromatic N) is 1. The van der Waals surface area contributed by atoms with E-state index in [0.29, 0.717) is 12.0 Å². The van der Waals surface area contributed by atoms with Crippen LogP contribution in [0.25, 0.3) is 10.9 Å². The van der Waals surface area contributed by atoms with Gasteiger partial charge in [-0.05, 0) is 12.5 Å². The number of ether oxygens (including phenoxy) is 1. The molecule has 5 heteroatoms. The second kappa shape index (κ2) is 4.22. The highest BCUT2D eigenvalue weighted by molar-refractivity contribution is 5.85. The minimum atomic E-state index is -0.0888. The molecule has 2 N–H and O–H groups in total. The Bertz CT molecular complexity index is 519. The predicted octanol–water partition coefficient (Wildman–Crippen LogP) is 1.76. The van der Waals surface area contributed by atoms with E-state index >= 15 is 0 Å². The van der Waals surface area contributed by atoms with Crippen molar-refractivity contribution >= 4 is 17.4 Å². The quantitative estimate of drug-likeness (QED) is 0.770. The number of phenolic OH excluding ortho intramolecular Hbond substituents is 1. The standard InChI is InChI=1S/C11H12N2O3/c1-2-3-8-7-4-11(16-6-14)10(15)5-9(7)13-12-8/h4-6,15H,2-3H2,1H3,(H,12,13). The molecule has 0 aliphatic carbocycles. The van der Waals surface area contributed by atoms with Gasteiger partial charge in [0.05, 0.1) is 5.52 Å². The molecule has 1 aromatic carbocycles. The number of phenols is 1. The molecule has 0 aliphatic rings. The molecule has 2 aromatic rings. The number of hydrogen-bond donors (Lipinski definition) is 2.